The van der Waals surface area contributed by atoms with Crippen molar-refractivity contribution in [3.05, 3.63) is 76.0 Å². The number of nitrogens with one attached hydrogen (secondary N) is 1. The lowest BCUT2D eigenvalue weighted by Gasteiger charge is -2.36. The van der Waals surface area contributed by atoms with Gasteiger partial charge in [-0.2, -0.15) is 0 Å². The maximum atomic E-state index is 5.42. The number of benzene rings is 2. The van der Waals surface area contributed by atoms with Gasteiger partial charge in [0.1, 0.15) is 17.7 Å². The van der Waals surface area contributed by atoms with Gasteiger partial charge in [0.05, 0.1) is 14.2 Å². The van der Waals surface area contributed by atoms with Gasteiger partial charge in [-0.1, -0.05) is 30.3 Å². The van der Waals surface area contributed by atoms with Crippen molar-refractivity contribution in [2.45, 2.75) is 6.17 Å². The number of ether oxygens (including phenoxy) is 2. The zero-order valence-electron chi connectivity index (χ0n) is 15.6. The Morgan fingerprint density at radius 1 is 0.963 bits per heavy atom. The number of hydrogen-bond donors (Lipinski definition) is 1. The molecule has 1 atom stereocenters. The van der Waals surface area contributed by atoms with Crippen molar-refractivity contribution < 1.29 is 9.47 Å². The molecule has 27 heavy (non-hydrogen) atoms. The molecule has 5 heteroatoms. The van der Waals surface area contributed by atoms with E-state index in [1.807, 2.05) is 24.3 Å². The fourth-order valence-electron chi connectivity index (χ4n) is 3.37. The number of hydrogen-bond acceptors (Lipinski definition) is 5. The van der Waals surface area contributed by atoms with Gasteiger partial charge in [0, 0.05) is 47.1 Å². The lowest BCUT2D eigenvalue weighted by Crippen LogP contribution is -2.31. The first-order valence-corrected chi connectivity index (χ1v) is 9.64. The zero-order chi connectivity index (χ0) is 18.8. The van der Waals surface area contributed by atoms with Gasteiger partial charge in [0.2, 0.25) is 0 Å². The van der Waals surface area contributed by atoms with E-state index in [1.54, 1.807) is 25.6 Å². The SMILES string of the molecule is COc1cc(NC2c3ccsc3C=C(c3ccccc3)N2C)cc(OC)c1. The summed E-state index contributed by atoms with van der Waals surface area (Å²) in [5, 5.41) is 5.80. The third-order valence-electron chi connectivity index (χ3n) is 4.78. The number of fused-ring (bicyclic) bond motifs is 1. The molecule has 2 heterocycles. The summed E-state index contributed by atoms with van der Waals surface area (Å²) >= 11 is 1.76. The van der Waals surface area contributed by atoms with E-state index < -0.39 is 0 Å². The number of anilines is 1. The number of methoxy groups -OCH3 is 2. The molecular weight excluding hydrogens is 356 g/mol. The average Bonchev–Trinajstić information content (AvgIpc) is 3.18. The van der Waals surface area contributed by atoms with Crippen LogP contribution in [0.1, 0.15) is 22.2 Å². The van der Waals surface area contributed by atoms with E-state index >= 15 is 0 Å². The van der Waals surface area contributed by atoms with Crippen molar-refractivity contribution >= 4 is 28.8 Å². The predicted octanol–water partition coefficient (Wildman–Crippen LogP) is 5.32. The molecule has 0 saturated heterocycles. The van der Waals surface area contributed by atoms with Gasteiger partial charge in [-0.05, 0) is 23.1 Å². The topological polar surface area (TPSA) is 33.7 Å². The highest BCUT2D eigenvalue weighted by atomic mass is 32.1. The Morgan fingerprint density at radius 2 is 1.67 bits per heavy atom. The molecule has 4 nitrogen and oxygen atoms in total. The van der Waals surface area contributed by atoms with Crippen LogP contribution in [0.5, 0.6) is 11.5 Å². The summed E-state index contributed by atoms with van der Waals surface area (Å²) in [5.41, 5.74) is 4.62. The maximum absolute atomic E-state index is 5.42. The van der Waals surface area contributed by atoms with Crippen molar-refractivity contribution in [2.24, 2.45) is 0 Å². The maximum Gasteiger partial charge on any atom is 0.127 e. The molecule has 0 aliphatic carbocycles. The minimum Gasteiger partial charge on any atom is -0.497 e. The molecule has 0 fully saturated rings. The van der Waals surface area contributed by atoms with Crippen LogP contribution in [0, 0.1) is 0 Å². The van der Waals surface area contributed by atoms with E-state index in [-0.39, 0.29) is 6.17 Å². The molecule has 1 aliphatic heterocycles. The van der Waals surface area contributed by atoms with Gasteiger partial charge >= 0.3 is 0 Å². The Morgan fingerprint density at radius 3 is 2.33 bits per heavy atom. The molecule has 1 unspecified atom stereocenters. The monoisotopic (exact) mass is 378 g/mol. The van der Waals surface area contributed by atoms with Crippen LogP contribution in [-0.4, -0.2) is 26.2 Å². The molecule has 4 rings (SSSR count). The van der Waals surface area contributed by atoms with Crippen LogP contribution in [0.25, 0.3) is 11.8 Å². The van der Waals surface area contributed by atoms with Gasteiger partial charge in [-0.15, -0.1) is 11.3 Å². The van der Waals surface area contributed by atoms with Crippen molar-refractivity contribution in [3.63, 3.8) is 0 Å². The van der Waals surface area contributed by atoms with Crippen LogP contribution in [0.2, 0.25) is 0 Å². The van der Waals surface area contributed by atoms with Gasteiger partial charge in [0.25, 0.3) is 0 Å². The smallest absolute Gasteiger partial charge is 0.127 e. The van der Waals surface area contributed by atoms with Crippen LogP contribution in [0.4, 0.5) is 5.69 Å². The minimum absolute atomic E-state index is 0.0169. The molecule has 1 N–H and O–H groups in total. The van der Waals surface area contributed by atoms with E-state index in [0.717, 1.165) is 17.2 Å². The van der Waals surface area contributed by atoms with E-state index in [0.29, 0.717) is 0 Å². The highest BCUT2D eigenvalue weighted by Gasteiger charge is 2.27. The fourth-order valence-corrected chi connectivity index (χ4v) is 4.22. The van der Waals surface area contributed by atoms with E-state index in [4.69, 9.17) is 9.47 Å². The zero-order valence-corrected chi connectivity index (χ0v) is 16.4. The summed E-state index contributed by atoms with van der Waals surface area (Å²) in [5.74, 6) is 1.53. The van der Waals surface area contributed by atoms with Crippen LogP contribution in [-0.2, 0) is 0 Å². The normalized spacial score (nSPS) is 15.7. The van der Waals surface area contributed by atoms with Gasteiger partial charge in [0.15, 0.2) is 0 Å². The summed E-state index contributed by atoms with van der Waals surface area (Å²) in [4.78, 5) is 3.55. The second kappa shape index (κ2) is 7.37. The number of thiophene rings is 1. The summed E-state index contributed by atoms with van der Waals surface area (Å²) in [6, 6.07) is 18.5. The summed E-state index contributed by atoms with van der Waals surface area (Å²) in [7, 11) is 5.45. The van der Waals surface area contributed by atoms with Gasteiger partial charge in [-0.3, -0.25) is 0 Å². The standard InChI is InChI=1S/C22H22N2O2S/c1-24-20(15-7-5-4-6-8-15)14-21-19(9-10-27-21)22(24)23-16-11-17(25-2)13-18(12-16)26-3/h4-14,22-23H,1-3H3. The number of rotatable bonds is 5. The van der Waals surface area contributed by atoms with Crippen LogP contribution >= 0.6 is 11.3 Å². The van der Waals surface area contributed by atoms with Crippen LogP contribution < -0.4 is 14.8 Å². The molecule has 1 aromatic heterocycles. The molecule has 0 spiro atoms. The van der Waals surface area contributed by atoms with Crippen LogP contribution in [0.15, 0.2) is 60.0 Å². The molecule has 0 saturated carbocycles. The molecule has 138 valence electrons. The highest BCUT2D eigenvalue weighted by molar-refractivity contribution is 7.11. The first kappa shape index (κ1) is 17.5. The van der Waals surface area contributed by atoms with E-state index in [2.05, 4.69) is 59.1 Å². The molecular formula is C22H22N2O2S. The fraction of sp³-hybridized carbons (Fsp3) is 0.182. The largest absolute Gasteiger partial charge is 0.497 e. The van der Waals surface area contributed by atoms with Crippen LogP contribution in [0.3, 0.4) is 0 Å². The minimum atomic E-state index is 0.0169. The van der Waals surface area contributed by atoms with Gasteiger partial charge < -0.3 is 19.7 Å². The third kappa shape index (κ3) is 3.38. The average molecular weight is 378 g/mol. The summed E-state index contributed by atoms with van der Waals surface area (Å²) in [6.45, 7) is 0. The van der Waals surface area contributed by atoms with Crippen molar-refractivity contribution in [1.82, 2.24) is 4.90 Å². The van der Waals surface area contributed by atoms with E-state index in [9.17, 15) is 0 Å². The molecule has 1 aliphatic rings. The van der Waals surface area contributed by atoms with E-state index in [1.165, 1.54) is 21.7 Å². The molecule has 0 bridgehead atoms. The lowest BCUT2D eigenvalue weighted by atomic mass is 10.0. The van der Waals surface area contributed by atoms with Crippen molar-refractivity contribution in [2.75, 3.05) is 26.6 Å². The molecule has 2 aromatic carbocycles. The summed E-state index contributed by atoms with van der Waals surface area (Å²) in [6.07, 6.45) is 2.28. The van der Waals surface area contributed by atoms with Crippen molar-refractivity contribution in [3.8, 4) is 11.5 Å². The lowest BCUT2D eigenvalue weighted by molar-refractivity contribution is 0.385. The Labute approximate surface area is 163 Å². The quantitative estimate of drug-likeness (QED) is 0.651. The molecule has 0 radical (unpaired) electrons. The Bertz CT molecular complexity index is 943. The Hall–Kier alpha value is -2.92. The number of nitrogens with zero attached hydrogens (tertiary/aromatic N) is 1. The first-order chi connectivity index (χ1) is 13.2. The predicted molar refractivity (Wildman–Crippen MR) is 112 cm³/mol. The van der Waals surface area contributed by atoms with Crippen molar-refractivity contribution in [1.29, 1.82) is 0 Å². The second-order valence-corrected chi connectivity index (χ2v) is 7.34. The Balaban J connectivity index is 1.72. The summed E-state index contributed by atoms with van der Waals surface area (Å²) < 4.78 is 10.8. The Kier molecular flexibility index (Phi) is 4.77. The molecule has 0 amide bonds. The highest BCUT2D eigenvalue weighted by Crippen LogP contribution is 2.40. The first-order valence-electron chi connectivity index (χ1n) is 8.76. The second-order valence-electron chi connectivity index (χ2n) is 6.39. The molecule has 3 aromatic rings. The van der Waals surface area contributed by atoms with Gasteiger partial charge in [-0.25, -0.2) is 0 Å². The third-order valence-corrected chi connectivity index (χ3v) is 5.66.